The number of carboxylic acids is 1. The first-order valence-electron chi connectivity index (χ1n) is 8.94. The predicted octanol–water partition coefficient (Wildman–Crippen LogP) is 2.11. The Hall–Kier alpha value is -1.79. The summed E-state index contributed by atoms with van der Waals surface area (Å²) in [4.78, 5) is 35.7. The lowest BCUT2D eigenvalue weighted by Gasteiger charge is -2.22. The van der Waals surface area contributed by atoms with Crippen molar-refractivity contribution in [3.8, 4) is 0 Å². The molecule has 0 heterocycles. The third-order valence-corrected chi connectivity index (χ3v) is 4.63. The van der Waals surface area contributed by atoms with E-state index in [4.69, 9.17) is 5.11 Å². The fourth-order valence-electron chi connectivity index (χ4n) is 2.82. The summed E-state index contributed by atoms with van der Waals surface area (Å²) in [6, 6.07) is -0.598. The molecule has 7 heteroatoms. The molecule has 1 fully saturated rings. The third-order valence-electron chi connectivity index (χ3n) is 4.63. The van der Waals surface area contributed by atoms with Crippen LogP contribution in [0.5, 0.6) is 0 Å². The van der Waals surface area contributed by atoms with Crippen LogP contribution in [0.15, 0.2) is 0 Å². The van der Waals surface area contributed by atoms with Gasteiger partial charge in [0.1, 0.15) is 6.04 Å². The molecule has 0 radical (unpaired) electrons. The molecule has 3 amide bonds. The molecule has 7 nitrogen and oxygen atoms in total. The second-order valence-electron chi connectivity index (χ2n) is 6.56. The van der Waals surface area contributed by atoms with E-state index >= 15 is 0 Å². The molecule has 0 aliphatic heterocycles. The number of hydrogen-bond donors (Lipinski definition) is 3. The summed E-state index contributed by atoms with van der Waals surface area (Å²) in [5.41, 5.74) is 0. The lowest BCUT2D eigenvalue weighted by Crippen LogP contribution is -2.43. The van der Waals surface area contributed by atoms with Gasteiger partial charge >= 0.3 is 12.0 Å². The standard InChI is InChI=1S/C17H31N3O4/c1-13(16(22)23)20(2)15(21)11-7-4-8-12-18-17(24)19-14-9-5-3-6-10-14/h13-14H,3-12H2,1-2H3,(H,22,23)(H2,18,19,24). The van der Waals surface area contributed by atoms with Crippen molar-refractivity contribution in [2.45, 2.75) is 76.8 Å². The van der Waals surface area contributed by atoms with Gasteiger partial charge in [0.05, 0.1) is 0 Å². The number of likely N-dealkylation sites (N-methyl/N-ethyl adjacent to an activating group) is 1. The molecule has 3 N–H and O–H groups in total. The summed E-state index contributed by atoms with van der Waals surface area (Å²) in [5.74, 6) is -1.16. The van der Waals surface area contributed by atoms with Crippen LogP contribution in [0.2, 0.25) is 0 Å². The Morgan fingerprint density at radius 2 is 1.79 bits per heavy atom. The number of amides is 3. The number of nitrogens with one attached hydrogen (secondary N) is 2. The van der Waals surface area contributed by atoms with E-state index in [0.717, 1.165) is 25.7 Å². The van der Waals surface area contributed by atoms with E-state index in [1.807, 2.05) is 0 Å². The van der Waals surface area contributed by atoms with E-state index in [1.165, 1.54) is 38.1 Å². The van der Waals surface area contributed by atoms with Crippen LogP contribution in [-0.4, -0.2) is 53.6 Å². The first-order chi connectivity index (χ1) is 11.4. The number of carbonyl (C=O) groups excluding carboxylic acids is 2. The highest BCUT2D eigenvalue weighted by Crippen LogP contribution is 2.17. The number of nitrogens with zero attached hydrogens (tertiary/aromatic N) is 1. The average Bonchev–Trinajstić information content (AvgIpc) is 2.57. The van der Waals surface area contributed by atoms with E-state index in [9.17, 15) is 14.4 Å². The third kappa shape index (κ3) is 7.66. The fraction of sp³-hybridized carbons (Fsp3) is 0.824. The molecule has 138 valence electrons. The highest BCUT2D eigenvalue weighted by atomic mass is 16.4. The van der Waals surface area contributed by atoms with E-state index in [2.05, 4.69) is 10.6 Å². The Kier molecular flexibility index (Phi) is 9.19. The molecule has 1 aliphatic carbocycles. The monoisotopic (exact) mass is 341 g/mol. The van der Waals surface area contributed by atoms with E-state index in [1.54, 1.807) is 0 Å². The SMILES string of the molecule is CC(C(=O)O)N(C)C(=O)CCCCCNC(=O)NC1CCCCC1. The number of unbranched alkanes of at least 4 members (excludes halogenated alkanes) is 2. The van der Waals surface area contributed by atoms with Gasteiger partial charge in [-0.2, -0.15) is 0 Å². The van der Waals surface area contributed by atoms with Crippen LogP contribution in [0.3, 0.4) is 0 Å². The maximum atomic E-state index is 11.8. The predicted molar refractivity (Wildman–Crippen MR) is 91.7 cm³/mol. The lowest BCUT2D eigenvalue weighted by atomic mass is 9.96. The second-order valence-corrected chi connectivity index (χ2v) is 6.56. The first kappa shape index (κ1) is 20.3. The molecular formula is C17H31N3O4. The summed E-state index contributed by atoms with van der Waals surface area (Å²) in [6.07, 6.45) is 8.44. The number of rotatable bonds is 9. The van der Waals surface area contributed by atoms with Crippen LogP contribution in [-0.2, 0) is 9.59 Å². The highest BCUT2D eigenvalue weighted by Gasteiger charge is 2.20. The molecule has 1 rings (SSSR count). The van der Waals surface area contributed by atoms with Gasteiger partial charge in [-0.15, -0.1) is 0 Å². The first-order valence-corrected chi connectivity index (χ1v) is 8.94. The molecule has 0 aromatic rings. The zero-order chi connectivity index (χ0) is 17.9. The highest BCUT2D eigenvalue weighted by molar-refractivity contribution is 5.83. The van der Waals surface area contributed by atoms with Crippen LogP contribution in [0, 0.1) is 0 Å². The number of aliphatic carboxylic acids is 1. The Bertz CT molecular complexity index is 422. The molecule has 1 unspecified atom stereocenters. The summed E-state index contributed by atoms with van der Waals surface area (Å²) in [5, 5.41) is 14.7. The van der Waals surface area contributed by atoms with Gasteiger partial charge in [0.15, 0.2) is 0 Å². The topological polar surface area (TPSA) is 98.7 Å². The van der Waals surface area contributed by atoms with Crippen molar-refractivity contribution in [2.24, 2.45) is 0 Å². The Balaban J connectivity index is 2.04. The number of carboxylic acid groups (broad SMARTS) is 1. The Morgan fingerprint density at radius 1 is 1.12 bits per heavy atom. The van der Waals surface area contributed by atoms with Gasteiger partial charge in [-0.25, -0.2) is 9.59 Å². The minimum Gasteiger partial charge on any atom is -0.480 e. The van der Waals surface area contributed by atoms with Gasteiger partial charge in [-0.1, -0.05) is 25.7 Å². The van der Waals surface area contributed by atoms with Crippen LogP contribution in [0.4, 0.5) is 4.79 Å². The molecule has 1 aliphatic rings. The van der Waals surface area contributed by atoms with Crippen molar-refractivity contribution < 1.29 is 19.5 Å². The summed E-state index contributed by atoms with van der Waals surface area (Å²) in [6.45, 7) is 2.09. The van der Waals surface area contributed by atoms with Crippen LogP contribution in [0.25, 0.3) is 0 Å². The van der Waals surface area contributed by atoms with Gasteiger partial charge in [0.2, 0.25) is 5.91 Å². The molecule has 0 aromatic carbocycles. The number of urea groups is 1. The fourth-order valence-corrected chi connectivity index (χ4v) is 2.82. The van der Waals surface area contributed by atoms with Crippen LogP contribution >= 0.6 is 0 Å². The maximum absolute atomic E-state index is 11.8. The van der Waals surface area contributed by atoms with E-state index < -0.39 is 12.0 Å². The van der Waals surface area contributed by atoms with Gasteiger partial charge in [0, 0.05) is 26.1 Å². The largest absolute Gasteiger partial charge is 0.480 e. The summed E-state index contributed by atoms with van der Waals surface area (Å²) in [7, 11) is 1.51. The zero-order valence-corrected chi connectivity index (χ0v) is 14.8. The minimum atomic E-state index is -1.00. The quantitative estimate of drug-likeness (QED) is 0.559. The number of carbonyl (C=O) groups is 3. The van der Waals surface area contributed by atoms with Gasteiger partial charge < -0.3 is 20.6 Å². The summed E-state index contributed by atoms with van der Waals surface area (Å²) >= 11 is 0. The molecule has 24 heavy (non-hydrogen) atoms. The molecule has 0 saturated heterocycles. The van der Waals surface area contributed by atoms with E-state index in [0.29, 0.717) is 25.4 Å². The van der Waals surface area contributed by atoms with Gasteiger partial charge in [-0.3, -0.25) is 4.79 Å². The van der Waals surface area contributed by atoms with Crippen molar-refractivity contribution in [1.29, 1.82) is 0 Å². The average molecular weight is 341 g/mol. The van der Waals surface area contributed by atoms with Gasteiger partial charge in [0.25, 0.3) is 0 Å². The minimum absolute atomic E-state index is 0.104. The smallest absolute Gasteiger partial charge is 0.326 e. The molecular weight excluding hydrogens is 310 g/mol. The Labute approximate surface area is 144 Å². The lowest BCUT2D eigenvalue weighted by molar-refractivity contribution is -0.148. The van der Waals surface area contributed by atoms with Crippen molar-refractivity contribution in [3.63, 3.8) is 0 Å². The van der Waals surface area contributed by atoms with Crippen LogP contribution < -0.4 is 10.6 Å². The second kappa shape index (κ2) is 10.9. The van der Waals surface area contributed by atoms with Gasteiger partial charge in [-0.05, 0) is 32.6 Å². The van der Waals surface area contributed by atoms with Crippen molar-refractivity contribution in [3.05, 3.63) is 0 Å². The summed E-state index contributed by atoms with van der Waals surface area (Å²) < 4.78 is 0. The normalized spacial score (nSPS) is 16.2. The molecule has 1 atom stereocenters. The molecule has 0 aromatic heterocycles. The van der Waals surface area contributed by atoms with Crippen molar-refractivity contribution in [2.75, 3.05) is 13.6 Å². The number of hydrogen-bond acceptors (Lipinski definition) is 3. The van der Waals surface area contributed by atoms with Crippen molar-refractivity contribution in [1.82, 2.24) is 15.5 Å². The zero-order valence-electron chi connectivity index (χ0n) is 14.8. The molecule has 0 bridgehead atoms. The van der Waals surface area contributed by atoms with Crippen LogP contribution in [0.1, 0.15) is 64.7 Å². The molecule has 1 saturated carbocycles. The molecule has 0 spiro atoms. The maximum Gasteiger partial charge on any atom is 0.326 e. The Morgan fingerprint density at radius 3 is 2.42 bits per heavy atom. The van der Waals surface area contributed by atoms with E-state index in [-0.39, 0.29) is 11.9 Å². The van der Waals surface area contributed by atoms with Crippen molar-refractivity contribution >= 4 is 17.9 Å².